The molecule has 6 aromatic rings. The summed E-state index contributed by atoms with van der Waals surface area (Å²) in [5.41, 5.74) is 4.40. The molecule has 3 saturated heterocycles. The predicted molar refractivity (Wildman–Crippen MR) is 333 cm³/mol. The Morgan fingerprint density at radius 1 is 0.549 bits per heavy atom. The molecule has 438 valence electrons. The SMILES string of the molecule is C[C@H]1CC2O[C@]3(C)C(CC2O[C@H](COCc2ccc(Br)cc2)[C@@H](OCc2ccc(Br)cc2)C1)O[C@H](c1ccc2ccccc2c1)O[C@H]3C[C@H]1O[C@@H](COCc2ccccc2)[C@H](OCc2ccccc2)C/C=C\C[C@@H]1O[Si](C)(C)C(C)(C)C. The van der Waals surface area contributed by atoms with Crippen molar-refractivity contribution in [1.82, 2.24) is 0 Å². The monoisotopic (exact) mass is 1260 g/mol. The van der Waals surface area contributed by atoms with Gasteiger partial charge in [-0.25, -0.2) is 0 Å². The molecule has 0 radical (unpaired) electrons. The Balaban J connectivity index is 0.992. The number of hydrogen-bond acceptors (Lipinski definition) is 10. The first-order valence-electron chi connectivity index (χ1n) is 29.6. The highest BCUT2D eigenvalue weighted by Crippen LogP contribution is 2.49. The van der Waals surface area contributed by atoms with Crippen LogP contribution in [0, 0.1) is 5.92 Å². The van der Waals surface area contributed by atoms with E-state index >= 15 is 0 Å². The number of ether oxygens (including phenoxy) is 9. The molecule has 0 saturated carbocycles. The molecule has 13 heteroatoms. The molecule has 13 atom stereocenters. The van der Waals surface area contributed by atoms with E-state index in [1.54, 1.807) is 0 Å². The fourth-order valence-corrected chi connectivity index (χ4v) is 13.6. The molecule has 6 aromatic carbocycles. The zero-order valence-corrected chi connectivity index (χ0v) is 53.0. The van der Waals surface area contributed by atoms with Crippen LogP contribution < -0.4 is 0 Å². The van der Waals surface area contributed by atoms with Crippen LogP contribution in [0.1, 0.15) is 107 Å². The van der Waals surface area contributed by atoms with Crippen molar-refractivity contribution < 1.29 is 47.1 Å². The highest BCUT2D eigenvalue weighted by Gasteiger charge is 2.58. The largest absolute Gasteiger partial charge is 0.411 e. The van der Waals surface area contributed by atoms with Gasteiger partial charge in [-0.05, 0) is 120 Å². The summed E-state index contributed by atoms with van der Waals surface area (Å²) in [5, 5.41) is 2.20. The van der Waals surface area contributed by atoms with Crippen LogP contribution in [-0.2, 0) is 73.5 Å². The summed E-state index contributed by atoms with van der Waals surface area (Å²) >= 11 is 7.19. The first-order chi connectivity index (χ1) is 39.5. The van der Waals surface area contributed by atoms with Crippen LogP contribution in [0.25, 0.3) is 10.8 Å². The van der Waals surface area contributed by atoms with Crippen LogP contribution in [0.3, 0.4) is 0 Å². The summed E-state index contributed by atoms with van der Waals surface area (Å²) in [6, 6.07) is 52.2. The first-order valence-corrected chi connectivity index (χ1v) is 34.1. The maximum Gasteiger partial charge on any atom is 0.192 e. The van der Waals surface area contributed by atoms with E-state index in [1.807, 2.05) is 36.4 Å². The molecule has 10 nitrogen and oxygen atoms in total. The van der Waals surface area contributed by atoms with Crippen molar-refractivity contribution >= 4 is 50.9 Å². The van der Waals surface area contributed by atoms with Gasteiger partial charge in [0.1, 0.15) is 17.8 Å². The van der Waals surface area contributed by atoms with E-state index in [9.17, 15) is 0 Å². The fraction of sp³-hybridized carbons (Fsp3) is 0.478. The van der Waals surface area contributed by atoms with Gasteiger partial charge in [0.15, 0.2) is 14.6 Å². The normalized spacial score (nSPS) is 29.5. The minimum atomic E-state index is -2.40. The van der Waals surface area contributed by atoms with Crippen LogP contribution >= 0.6 is 31.9 Å². The Labute approximate surface area is 505 Å². The van der Waals surface area contributed by atoms with Crippen molar-refractivity contribution in [3.8, 4) is 0 Å². The van der Waals surface area contributed by atoms with E-state index in [0.29, 0.717) is 65.3 Å². The van der Waals surface area contributed by atoms with Gasteiger partial charge in [-0.2, -0.15) is 0 Å². The maximum atomic E-state index is 7.71. The average molecular weight is 1260 g/mol. The summed E-state index contributed by atoms with van der Waals surface area (Å²) in [6.45, 7) is 18.5. The molecule has 0 amide bonds. The van der Waals surface area contributed by atoms with Crippen molar-refractivity contribution in [1.29, 1.82) is 0 Å². The van der Waals surface area contributed by atoms with Gasteiger partial charge >= 0.3 is 0 Å². The molecule has 0 aromatic heterocycles. The van der Waals surface area contributed by atoms with Gasteiger partial charge in [0.05, 0.1) is 88.5 Å². The van der Waals surface area contributed by atoms with Crippen LogP contribution in [-0.4, -0.2) is 88.2 Å². The molecular formula is C69H84Br2O10Si. The Hall–Kier alpha value is -3.90. The maximum absolute atomic E-state index is 7.71. The molecule has 0 bridgehead atoms. The Kier molecular flexibility index (Phi) is 21.0. The van der Waals surface area contributed by atoms with Crippen molar-refractivity contribution in [3.63, 3.8) is 0 Å². The summed E-state index contributed by atoms with van der Waals surface area (Å²) in [7, 11) is -2.40. The van der Waals surface area contributed by atoms with E-state index in [2.05, 4.69) is 207 Å². The van der Waals surface area contributed by atoms with Crippen molar-refractivity contribution in [2.45, 2.75) is 191 Å². The average Bonchev–Trinajstić information content (AvgIpc) is 3.59. The Bertz CT molecular complexity index is 2960. The molecule has 4 heterocycles. The summed E-state index contributed by atoms with van der Waals surface area (Å²) in [4.78, 5) is 0. The van der Waals surface area contributed by atoms with Gasteiger partial charge in [0, 0.05) is 27.4 Å². The third-order valence-corrected chi connectivity index (χ3v) is 23.1. The molecule has 0 aliphatic carbocycles. The molecule has 0 N–H and O–H groups in total. The van der Waals surface area contributed by atoms with Crippen molar-refractivity contribution in [3.05, 3.63) is 201 Å². The third-order valence-electron chi connectivity index (χ3n) is 17.5. The second kappa shape index (κ2) is 28.1. The van der Waals surface area contributed by atoms with Crippen LogP contribution in [0.4, 0.5) is 0 Å². The first kappa shape index (κ1) is 61.2. The highest BCUT2D eigenvalue weighted by molar-refractivity contribution is 9.10. The lowest BCUT2D eigenvalue weighted by Gasteiger charge is -2.57. The molecule has 3 unspecified atom stereocenters. The fourth-order valence-electron chi connectivity index (χ4n) is 11.7. The summed E-state index contributed by atoms with van der Waals surface area (Å²) in [5.74, 6) is 0.228. The van der Waals surface area contributed by atoms with Gasteiger partial charge in [-0.3, -0.25) is 0 Å². The van der Waals surface area contributed by atoms with E-state index in [4.69, 9.17) is 47.1 Å². The molecule has 82 heavy (non-hydrogen) atoms. The topological polar surface area (TPSA) is 92.3 Å². The lowest BCUT2D eigenvalue weighted by Crippen LogP contribution is -2.67. The van der Waals surface area contributed by atoms with Crippen LogP contribution in [0.15, 0.2) is 173 Å². The number of halogens is 2. The standard InChI is InChI=1S/C69H84Br2O10Si/c1-47-36-59(75-44-51-28-34-56(71)35-29-51)64(46-73-42-50-26-32-55(70)33-27-50)77-61-40-66-69(5,80-62(61)37-47)65(78-67(79-66)54-31-30-52-22-14-15-23-53(52)38-54)39-60-58(81-82(6,7)68(2,3)4)25-17-16-24-57(74-43-49-20-12-9-13-21-49)63(76-60)45-72-41-48-18-10-8-11-19-48/h8-23,26-35,38,47,57-67H,24-25,36-37,39-46H2,1-7H3/b17-16-/t47-,57-,58+,59+,60-,61?,62?,63+,64-,65+,66?,67-,69+/m1/s1. The highest BCUT2D eigenvalue weighted by atomic mass is 79.9. The Morgan fingerprint density at radius 3 is 1.73 bits per heavy atom. The van der Waals surface area contributed by atoms with E-state index in [-0.39, 0.29) is 47.6 Å². The van der Waals surface area contributed by atoms with Gasteiger partial charge < -0.3 is 47.1 Å². The lowest BCUT2D eigenvalue weighted by molar-refractivity contribution is -0.376. The molecule has 3 fully saturated rings. The second-order valence-electron chi connectivity index (χ2n) is 24.8. The zero-order valence-electron chi connectivity index (χ0n) is 48.8. The molecule has 4 aliphatic rings. The molecule has 0 spiro atoms. The summed E-state index contributed by atoms with van der Waals surface area (Å²) in [6.07, 6.45) is 3.98. The van der Waals surface area contributed by atoms with E-state index in [0.717, 1.165) is 60.4 Å². The number of fused-ring (bicyclic) bond motifs is 3. The number of rotatable bonds is 19. The molecule has 4 aliphatic heterocycles. The molecule has 10 rings (SSSR count). The van der Waals surface area contributed by atoms with Crippen LogP contribution in [0.2, 0.25) is 18.1 Å². The smallest absolute Gasteiger partial charge is 0.192 e. The summed E-state index contributed by atoms with van der Waals surface area (Å²) < 4.78 is 74.3. The minimum absolute atomic E-state index is 0.0616. The van der Waals surface area contributed by atoms with Crippen LogP contribution in [0.5, 0.6) is 0 Å². The molecular weight excluding hydrogens is 1180 g/mol. The van der Waals surface area contributed by atoms with E-state index < -0.39 is 44.6 Å². The quantitative estimate of drug-likeness (QED) is 0.0577. The zero-order chi connectivity index (χ0) is 57.3. The number of benzene rings is 6. The van der Waals surface area contributed by atoms with Crippen molar-refractivity contribution in [2.75, 3.05) is 13.2 Å². The third kappa shape index (κ3) is 15.9. The minimum Gasteiger partial charge on any atom is -0.411 e. The number of hydrogen-bond donors (Lipinski definition) is 0. The van der Waals surface area contributed by atoms with Gasteiger partial charge in [-0.15, -0.1) is 0 Å². The van der Waals surface area contributed by atoms with Gasteiger partial charge in [-0.1, -0.05) is 193 Å². The van der Waals surface area contributed by atoms with Gasteiger partial charge in [0.2, 0.25) is 0 Å². The van der Waals surface area contributed by atoms with E-state index in [1.165, 1.54) is 0 Å². The van der Waals surface area contributed by atoms with Crippen molar-refractivity contribution in [2.24, 2.45) is 5.92 Å². The Morgan fingerprint density at radius 2 is 1.10 bits per heavy atom. The predicted octanol–water partition coefficient (Wildman–Crippen LogP) is 16.4. The lowest BCUT2D eigenvalue weighted by atomic mass is 9.78. The van der Waals surface area contributed by atoms with Gasteiger partial charge in [0.25, 0.3) is 0 Å². The second-order valence-corrected chi connectivity index (χ2v) is 31.4.